The van der Waals surface area contributed by atoms with Crippen molar-refractivity contribution >= 4 is 46.2 Å². The van der Waals surface area contributed by atoms with Crippen LogP contribution >= 0.6 is 34.5 Å². The van der Waals surface area contributed by atoms with E-state index in [1.54, 1.807) is 18.2 Å². The van der Waals surface area contributed by atoms with E-state index in [2.05, 4.69) is 9.88 Å². The molecule has 2 aromatic rings. The highest BCUT2D eigenvalue weighted by Crippen LogP contribution is 2.28. The standard InChI is InChI=1S/C19H19Cl2N3O2S/c20-12-4-5-14(21)13(10-12)19(26)24-8-6-23(7-9-24)11-17-22-15-2-1-3-16(25)18(15)27-17/h4-5,10H,1-3,6-9,11H2. The number of rotatable bonds is 3. The molecule has 1 aliphatic carbocycles. The molecule has 0 radical (unpaired) electrons. The van der Waals surface area contributed by atoms with Gasteiger partial charge in [0.2, 0.25) is 0 Å². The fourth-order valence-corrected chi connectivity index (χ4v) is 5.01. The Bertz CT molecular complexity index is 891. The van der Waals surface area contributed by atoms with Crippen molar-refractivity contribution in [1.82, 2.24) is 14.8 Å². The van der Waals surface area contributed by atoms with Crippen LogP contribution in [0.1, 0.15) is 43.6 Å². The van der Waals surface area contributed by atoms with Gasteiger partial charge >= 0.3 is 0 Å². The molecule has 5 nitrogen and oxygen atoms in total. The lowest BCUT2D eigenvalue weighted by Gasteiger charge is -2.34. The quantitative estimate of drug-likeness (QED) is 0.750. The molecule has 0 atom stereocenters. The third kappa shape index (κ3) is 4.04. The first-order valence-corrected chi connectivity index (χ1v) is 10.6. The Morgan fingerprint density at radius 3 is 2.67 bits per heavy atom. The number of nitrogens with zero attached hydrogens (tertiary/aromatic N) is 3. The maximum Gasteiger partial charge on any atom is 0.255 e. The predicted molar refractivity (Wildman–Crippen MR) is 107 cm³/mol. The molecule has 0 unspecified atom stereocenters. The van der Waals surface area contributed by atoms with Crippen molar-refractivity contribution in [3.8, 4) is 0 Å². The Hall–Kier alpha value is -1.47. The highest BCUT2D eigenvalue weighted by molar-refractivity contribution is 7.13. The van der Waals surface area contributed by atoms with Crippen LogP contribution in [0.2, 0.25) is 10.0 Å². The normalized spacial score (nSPS) is 17.9. The molecule has 1 aliphatic heterocycles. The predicted octanol–water partition coefficient (Wildman–Crippen LogP) is 3.93. The minimum absolute atomic E-state index is 0.0857. The van der Waals surface area contributed by atoms with Gasteiger partial charge < -0.3 is 4.90 Å². The monoisotopic (exact) mass is 423 g/mol. The zero-order valence-electron chi connectivity index (χ0n) is 14.7. The molecule has 8 heteroatoms. The van der Waals surface area contributed by atoms with Crippen molar-refractivity contribution in [3.05, 3.63) is 49.4 Å². The number of halogens is 2. The number of aromatic nitrogens is 1. The number of fused-ring (bicyclic) bond motifs is 1. The SMILES string of the molecule is O=C1CCCc2nc(CN3CCN(C(=O)c4cc(Cl)ccc4Cl)CC3)sc21. The van der Waals surface area contributed by atoms with E-state index in [-0.39, 0.29) is 11.7 Å². The van der Waals surface area contributed by atoms with E-state index in [0.717, 1.165) is 48.1 Å². The topological polar surface area (TPSA) is 53.5 Å². The van der Waals surface area contributed by atoms with Gasteiger partial charge in [-0.1, -0.05) is 23.2 Å². The molecule has 1 amide bonds. The van der Waals surface area contributed by atoms with Crippen LogP contribution in [-0.2, 0) is 13.0 Å². The number of amides is 1. The molecule has 1 fully saturated rings. The molecule has 4 rings (SSSR count). The Labute approximate surface area is 171 Å². The van der Waals surface area contributed by atoms with E-state index in [1.807, 2.05) is 4.90 Å². The van der Waals surface area contributed by atoms with Gasteiger partial charge in [-0.15, -0.1) is 11.3 Å². The summed E-state index contributed by atoms with van der Waals surface area (Å²) in [7, 11) is 0. The smallest absolute Gasteiger partial charge is 0.255 e. The maximum atomic E-state index is 12.7. The number of thiazole rings is 1. The van der Waals surface area contributed by atoms with Crippen molar-refractivity contribution in [1.29, 1.82) is 0 Å². The lowest BCUT2D eigenvalue weighted by molar-refractivity contribution is 0.0628. The second-order valence-corrected chi connectivity index (χ2v) is 8.78. The summed E-state index contributed by atoms with van der Waals surface area (Å²) in [5.41, 5.74) is 1.42. The molecule has 1 aromatic heterocycles. The molecule has 2 aliphatic rings. The van der Waals surface area contributed by atoms with E-state index in [1.165, 1.54) is 11.3 Å². The van der Waals surface area contributed by atoms with Gasteiger partial charge in [0.05, 0.1) is 27.7 Å². The Balaban J connectivity index is 1.37. The zero-order chi connectivity index (χ0) is 19.0. The van der Waals surface area contributed by atoms with Crippen molar-refractivity contribution in [2.75, 3.05) is 26.2 Å². The summed E-state index contributed by atoms with van der Waals surface area (Å²) in [6, 6.07) is 4.95. The van der Waals surface area contributed by atoms with Crippen LogP contribution in [0.3, 0.4) is 0 Å². The minimum atomic E-state index is -0.0857. The fraction of sp³-hybridized carbons (Fsp3) is 0.421. The van der Waals surface area contributed by atoms with Gasteiger partial charge in [-0.25, -0.2) is 4.98 Å². The van der Waals surface area contributed by atoms with Crippen LogP contribution in [0.4, 0.5) is 0 Å². The molecule has 0 N–H and O–H groups in total. The van der Waals surface area contributed by atoms with Crippen molar-refractivity contribution < 1.29 is 9.59 Å². The van der Waals surface area contributed by atoms with Crippen LogP contribution in [0.15, 0.2) is 18.2 Å². The van der Waals surface area contributed by atoms with Gasteiger partial charge in [-0.2, -0.15) is 0 Å². The van der Waals surface area contributed by atoms with Crippen molar-refractivity contribution in [2.24, 2.45) is 0 Å². The number of aryl methyl sites for hydroxylation is 1. The third-order valence-electron chi connectivity index (χ3n) is 4.99. The largest absolute Gasteiger partial charge is 0.336 e. The number of hydrogen-bond acceptors (Lipinski definition) is 5. The molecule has 1 aromatic carbocycles. The van der Waals surface area contributed by atoms with E-state index in [9.17, 15) is 9.59 Å². The summed E-state index contributed by atoms with van der Waals surface area (Å²) in [5, 5.41) is 1.92. The molecule has 0 saturated carbocycles. The lowest BCUT2D eigenvalue weighted by atomic mass is 10.0. The Kier molecular flexibility index (Phi) is 5.50. The summed E-state index contributed by atoms with van der Waals surface area (Å²) in [5.74, 6) is 0.145. The molecule has 0 bridgehead atoms. The molecular formula is C19H19Cl2N3O2S. The lowest BCUT2D eigenvalue weighted by Crippen LogP contribution is -2.48. The second-order valence-electron chi connectivity index (χ2n) is 6.85. The first-order valence-electron chi connectivity index (χ1n) is 9.00. The van der Waals surface area contributed by atoms with Gasteiger partial charge in [-0.05, 0) is 31.0 Å². The van der Waals surface area contributed by atoms with E-state index in [0.29, 0.717) is 35.1 Å². The molecule has 27 heavy (non-hydrogen) atoms. The average molecular weight is 424 g/mol. The van der Waals surface area contributed by atoms with E-state index >= 15 is 0 Å². The second kappa shape index (κ2) is 7.87. The maximum absolute atomic E-state index is 12.7. The first-order chi connectivity index (χ1) is 13.0. The number of ketones is 1. The number of hydrogen-bond donors (Lipinski definition) is 0. The van der Waals surface area contributed by atoms with Gasteiger partial charge in [0.1, 0.15) is 5.01 Å². The Morgan fingerprint density at radius 1 is 1.15 bits per heavy atom. The fourth-order valence-electron chi connectivity index (χ4n) is 3.52. The number of carbonyl (C=O) groups is 2. The highest BCUT2D eigenvalue weighted by Gasteiger charge is 2.26. The average Bonchev–Trinajstić information content (AvgIpc) is 3.08. The minimum Gasteiger partial charge on any atom is -0.336 e. The highest BCUT2D eigenvalue weighted by atomic mass is 35.5. The Morgan fingerprint density at radius 2 is 1.93 bits per heavy atom. The first kappa shape index (κ1) is 18.9. The molecule has 2 heterocycles. The van der Waals surface area contributed by atoms with Crippen LogP contribution in [0.25, 0.3) is 0 Å². The van der Waals surface area contributed by atoms with Gasteiger partial charge in [0.15, 0.2) is 5.78 Å². The van der Waals surface area contributed by atoms with Crippen molar-refractivity contribution in [2.45, 2.75) is 25.8 Å². The summed E-state index contributed by atoms with van der Waals surface area (Å²) in [6.45, 7) is 3.52. The summed E-state index contributed by atoms with van der Waals surface area (Å²) in [4.78, 5) is 34.3. The molecule has 0 spiro atoms. The molecule has 1 saturated heterocycles. The third-order valence-corrected chi connectivity index (χ3v) is 6.68. The summed E-state index contributed by atoms with van der Waals surface area (Å²) >= 11 is 13.7. The van der Waals surface area contributed by atoms with E-state index in [4.69, 9.17) is 23.2 Å². The van der Waals surface area contributed by atoms with Crippen LogP contribution in [-0.4, -0.2) is 52.7 Å². The number of Topliss-reactive ketones (excluding diaryl/α,β-unsaturated/α-hetero) is 1. The number of carbonyl (C=O) groups excluding carboxylic acids is 2. The molecule has 142 valence electrons. The van der Waals surface area contributed by atoms with Crippen LogP contribution in [0.5, 0.6) is 0 Å². The van der Waals surface area contributed by atoms with Gasteiger partial charge in [0.25, 0.3) is 5.91 Å². The van der Waals surface area contributed by atoms with Crippen molar-refractivity contribution in [3.63, 3.8) is 0 Å². The summed E-state index contributed by atoms with van der Waals surface area (Å²) in [6.07, 6.45) is 2.45. The summed E-state index contributed by atoms with van der Waals surface area (Å²) < 4.78 is 0. The number of benzene rings is 1. The van der Waals surface area contributed by atoms with Gasteiger partial charge in [0, 0.05) is 37.6 Å². The van der Waals surface area contributed by atoms with E-state index < -0.39 is 0 Å². The van der Waals surface area contributed by atoms with Crippen LogP contribution in [0, 0.1) is 0 Å². The van der Waals surface area contributed by atoms with Gasteiger partial charge in [-0.3, -0.25) is 14.5 Å². The number of piperazine rings is 1. The zero-order valence-corrected chi connectivity index (χ0v) is 17.0. The van der Waals surface area contributed by atoms with Crippen LogP contribution < -0.4 is 0 Å². The molecular weight excluding hydrogens is 405 g/mol.